The lowest BCUT2D eigenvalue weighted by atomic mass is 9.97. The number of aliphatic hydroxyl groups is 1. The van der Waals surface area contributed by atoms with Gasteiger partial charge in [0.05, 0.1) is 19.1 Å². The minimum Gasteiger partial charge on any atom is -0.481 e. The highest BCUT2D eigenvalue weighted by atomic mass is 16.4. The Hall–Kier alpha value is -6.09. The quantitative estimate of drug-likeness (QED) is 0.0552. The molecular formula is C35H50N8O13. The summed E-state index contributed by atoms with van der Waals surface area (Å²) >= 11 is 0. The highest BCUT2D eigenvalue weighted by Gasteiger charge is 2.34. The molecule has 8 atom stereocenters. The van der Waals surface area contributed by atoms with E-state index in [9.17, 15) is 53.4 Å². The van der Waals surface area contributed by atoms with Crippen molar-refractivity contribution in [3.8, 4) is 0 Å². The van der Waals surface area contributed by atoms with Crippen molar-refractivity contribution in [1.82, 2.24) is 36.9 Å². The maximum Gasteiger partial charge on any atom is 0.325 e. The number of hydrogen-bond donors (Lipinski definition) is 12. The van der Waals surface area contributed by atoms with E-state index < -0.39 is 127 Å². The summed E-state index contributed by atoms with van der Waals surface area (Å²) in [7, 11) is 0. The van der Waals surface area contributed by atoms with Gasteiger partial charge in [0.2, 0.25) is 35.4 Å². The second kappa shape index (κ2) is 21.7. The summed E-state index contributed by atoms with van der Waals surface area (Å²) in [6.07, 6.45) is -1.50. The first-order valence-corrected chi connectivity index (χ1v) is 17.7. The number of hydrogen-bond acceptors (Lipinski definition) is 11. The van der Waals surface area contributed by atoms with Gasteiger partial charge < -0.3 is 63.0 Å². The van der Waals surface area contributed by atoms with Crippen LogP contribution >= 0.6 is 0 Å². The molecule has 6 amide bonds. The van der Waals surface area contributed by atoms with Crippen LogP contribution in [0.4, 0.5) is 0 Å². The SMILES string of the molecule is CC[C@H](C)[C@H](NC(=O)CNC(=O)[C@H](Cc1c[nH]c2ccccc12)NC(=O)[C@@H](N)[C@@H](C)O)C(=O)N[C@@H](CC(=O)O)C(=O)N[C@@H](CCC(=O)O)C(=O)N[C@@H](C)C(=O)O. The number of carbonyl (C=O) groups is 9. The normalized spacial score (nSPS) is 15.3. The molecule has 2 rings (SSSR count). The Morgan fingerprint density at radius 3 is 1.95 bits per heavy atom. The van der Waals surface area contributed by atoms with Crippen LogP contribution in [0.15, 0.2) is 30.5 Å². The van der Waals surface area contributed by atoms with Crippen LogP contribution in [0.3, 0.4) is 0 Å². The Kier molecular flexibility index (Phi) is 17.9. The lowest BCUT2D eigenvalue weighted by Gasteiger charge is -2.27. The van der Waals surface area contributed by atoms with Gasteiger partial charge in [0.25, 0.3) is 0 Å². The number of nitrogens with two attached hydrogens (primary N) is 1. The number of rotatable bonds is 23. The zero-order valence-electron chi connectivity index (χ0n) is 31.3. The Morgan fingerprint density at radius 1 is 0.750 bits per heavy atom. The molecule has 0 aliphatic carbocycles. The molecule has 0 spiro atoms. The van der Waals surface area contributed by atoms with Gasteiger partial charge >= 0.3 is 17.9 Å². The number of aliphatic carboxylic acids is 3. The van der Waals surface area contributed by atoms with E-state index in [0.29, 0.717) is 12.0 Å². The van der Waals surface area contributed by atoms with E-state index in [1.165, 1.54) is 6.92 Å². The average Bonchev–Trinajstić information content (AvgIpc) is 3.54. The summed E-state index contributed by atoms with van der Waals surface area (Å²) in [6.45, 7) is 4.97. The molecule has 0 aliphatic rings. The number of aromatic nitrogens is 1. The van der Waals surface area contributed by atoms with Crippen LogP contribution in [0.2, 0.25) is 0 Å². The van der Waals surface area contributed by atoms with Gasteiger partial charge in [-0.15, -0.1) is 0 Å². The van der Waals surface area contributed by atoms with Crippen LogP contribution in [0.5, 0.6) is 0 Å². The molecule has 1 heterocycles. The molecule has 0 saturated carbocycles. The minimum atomic E-state index is -1.85. The average molecular weight is 791 g/mol. The van der Waals surface area contributed by atoms with Gasteiger partial charge in [0, 0.05) is 29.9 Å². The first-order valence-electron chi connectivity index (χ1n) is 17.7. The third kappa shape index (κ3) is 14.3. The molecule has 0 fully saturated rings. The Morgan fingerprint density at radius 2 is 1.36 bits per heavy atom. The Bertz CT molecular complexity index is 1760. The van der Waals surface area contributed by atoms with Crippen molar-refractivity contribution in [1.29, 1.82) is 0 Å². The number of carboxylic acids is 3. The largest absolute Gasteiger partial charge is 0.481 e. The lowest BCUT2D eigenvalue weighted by Crippen LogP contribution is -2.59. The van der Waals surface area contributed by atoms with Gasteiger partial charge in [0.1, 0.15) is 36.3 Å². The number of aromatic amines is 1. The van der Waals surface area contributed by atoms with Crippen LogP contribution in [0.25, 0.3) is 10.9 Å². The monoisotopic (exact) mass is 790 g/mol. The molecule has 56 heavy (non-hydrogen) atoms. The molecule has 21 nitrogen and oxygen atoms in total. The smallest absolute Gasteiger partial charge is 0.325 e. The maximum atomic E-state index is 13.5. The topological polar surface area (TPSA) is 349 Å². The van der Waals surface area contributed by atoms with Crippen molar-refractivity contribution in [3.63, 3.8) is 0 Å². The Labute approximate surface area is 320 Å². The molecule has 21 heteroatoms. The molecule has 13 N–H and O–H groups in total. The van der Waals surface area contributed by atoms with E-state index in [1.54, 1.807) is 38.2 Å². The molecular weight excluding hydrogens is 740 g/mol. The van der Waals surface area contributed by atoms with Crippen molar-refractivity contribution in [2.45, 2.75) is 102 Å². The zero-order chi connectivity index (χ0) is 42.3. The van der Waals surface area contributed by atoms with E-state index in [0.717, 1.165) is 17.8 Å². The van der Waals surface area contributed by atoms with Crippen molar-refractivity contribution < 1.29 is 63.6 Å². The van der Waals surface area contributed by atoms with Crippen molar-refractivity contribution in [3.05, 3.63) is 36.0 Å². The first-order chi connectivity index (χ1) is 26.2. The van der Waals surface area contributed by atoms with Gasteiger partial charge in [-0.3, -0.25) is 43.2 Å². The van der Waals surface area contributed by atoms with Gasteiger partial charge in [-0.05, 0) is 37.8 Å². The second-order valence-corrected chi connectivity index (χ2v) is 13.3. The van der Waals surface area contributed by atoms with Gasteiger partial charge in [-0.2, -0.15) is 0 Å². The minimum absolute atomic E-state index is 0.0436. The maximum absolute atomic E-state index is 13.5. The zero-order valence-corrected chi connectivity index (χ0v) is 31.3. The van der Waals surface area contributed by atoms with E-state index in [4.69, 9.17) is 15.9 Å². The van der Waals surface area contributed by atoms with Crippen molar-refractivity contribution in [2.24, 2.45) is 11.7 Å². The number of benzene rings is 1. The predicted octanol–water partition coefficient (Wildman–Crippen LogP) is -2.55. The van der Waals surface area contributed by atoms with E-state index >= 15 is 0 Å². The second-order valence-electron chi connectivity index (χ2n) is 13.3. The molecule has 0 radical (unpaired) electrons. The molecule has 0 saturated heterocycles. The first kappa shape index (κ1) is 46.1. The van der Waals surface area contributed by atoms with Crippen LogP contribution in [-0.2, 0) is 49.6 Å². The molecule has 0 bridgehead atoms. The number of fused-ring (bicyclic) bond motifs is 1. The molecule has 1 aromatic carbocycles. The Balaban J connectivity index is 2.22. The van der Waals surface area contributed by atoms with Gasteiger partial charge in [-0.1, -0.05) is 38.5 Å². The summed E-state index contributed by atoms with van der Waals surface area (Å²) in [5.41, 5.74) is 7.18. The summed E-state index contributed by atoms with van der Waals surface area (Å²) in [4.78, 5) is 116. The molecule has 308 valence electrons. The van der Waals surface area contributed by atoms with Crippen molar-refractivity contribution in [2.75, 3.05) is 6.54 Å². The third-order valence-electron chi connectivity index (χ3n) is 8.81. The molecule has 2 aromatic rings. The number of carbonyl (C=O) groups excluding carboxylic acids is 6. The van der Waals surface area contributed by atoms with Crippen LogP contribution in [0.1, 0.15) is 58.9 Å². The lowest BCUT2D eigenvalue weighted by molar-refractivity contribution is -0.143. The van der Waals surface area contributed by atoms with Crippen LogP contribution in [0, 0.1) is 5.92 Å². The molecule has 1 aromatic heterocycles. The summed E-state index contributed by atoms with van der Waals surface area (Å²) in [5.74, 6) is -10.8. The predicted molar refractivity (Wildman–Crippen MR) is 196 cm³/mol. The van der Waals surface area contributed by atoms with Gasteiger partial charge in [-0.25, -0.2) is 0 Å². The van der Waals surface area contributed by atoms with Crippen LogP contribution < -0.4 is 37.6 Å². The summed E-state index contributed by atoms with van der Waals surface area (Å²) < 4.78 is 0. The number of amides is 6. The fourth-order valence-electron chi connectivity index (χ4n) is 5.26. The van der Waals surface area contributed by atoms with E-state index in [-0.39, 0.29) is 6.42 Å². The fourth-order valence-corrected chi connectivity index (χ4v) is 5.26. The number of para-hydroxylation sites is 1. The molecule has 0 unspecified atom stereocenters. The standard InChI is InChI=1S/C35H50N8O13/c1-5-16(2)29(34(54)42-24(13-27(48)49)32(52)40-22(10-11-26(46)47)31(51)39-17(3)35(55)56)43-25(45)15-38-30(50)23(41-33(53)28(36)18(4)44)12-19-14-37-21-9-7-6-8-20(19)21/h6-9,14,16-18,22-24,28-29,37,44H,5,10-13,15,36H2,1-4H3,(H,38,50)(H,39,51)(H,40,52)(H,41,53)(H,42,54)(H,43,45)(H,46,47)(H,48,49)(H,55,56)/t16-,17-,18+,22-,23-,24-,28-,29-/m0/s1. The number of H-pyrrole nitrogens is 1. The number of carboxylic acid groups (broad SMARTS) is 3. The third-order valence-corrected chi connectivity index (χ3v) is 8.81. The highest BCUT2D eigenvalue weighted by molar-refractivity contribution is 5.97. The van der Waals surface area contributed by atoms with Crippen molar-refractivity contribution >= 4 is 64.3 Å². The fraction of sp³-hybridized carbons (Fsp3) is 0.514. The van der Waals surface area contributed by atoms with E-state index in [1.807, 2.05) is 6.07 Å². The number of nitrogens with one attached hydrogen (secondary N) is 7. The summed E-state index contributed by atoms with van der Waals surface area (Å²) in [6, 6.07) is -1.73. The highest BCUT2D eigenvalue weighted by Crippen LogP contribution is 2.19. The van der Waals surface area contributed by atoms with Crippen LogP contribution in [-0.4, -0.2) is 128 Å². The number of aliphatic hydroxyl groups excluding tert-OH is 1. The van der Waals surface area contributed by atoms with Gasteiger partial charge in [0.15, 0.2) is 0 Å². The summed E-state index contributed by atoms with van der Waals surface area (Å²) in [5, 5.41) is 52.1. The van der Waals surface area contributed by atoms with E-state index in [2.05, 4.69) is 36.9 Å². The molecule has 0 aliphatic heterocycles.